The molecule has 1 aliphatic heterocycles. The van der Waals surface area contributed by atoms with Gasteiger partial charge in [-0.3, -0.25) is 8.37 Å². The highest BCUT2D eigenvalue weighted by atomic mass is 35.5. The number of ether oxygens (including phenoxy) is 1. The summed E-state index contributed by atoms with van der Waals surface area (Å²) in [5, 5.41) is 0. The highest BCUT2D eigenvalue weighted by Crippen LogP contribution is 2.24. The lowest BCUT2D eigenvalue weighted by molar-refractivity contribution is -0.164. The fraction of sp³-hybridized carbons (Fsp3) is 0.900. The summed E-state index contributed by atoms with van der Waals surface area (Å²) in [6.07, 6.45) is -0.312. The Bertz CT molecular complexity index is 302. The first-order valence-electron chi connectivity index (χ1n) is 5.38. The first-order chi connectivity index (χ1) is 7.83. The van der Waals surface area contributed by atoms with Crippen LogP contribution in [0.25, 0.3) is 0 Å². The Hall–Kier alpha value is -0.170. The smallest absolute Gasteiger partial charge is 0.340 e. The van der Waals surface area contributed by atoms with Gasteiger partial charge in [-0.1, -0.05) is 0 Å². The van der Waals surface area contributed by atoms with Crippen molar-refractivity contribution in [1.29, 1.82) is 0 Å². The summed E-state index contributed by atoms with van der Waals surface area (Å²) < 4.78 is 26.2. The zero-order valence-corrected chi connectivity index (χ0v) is 11.7. The molecule has 0 amide bonds. The molecule has 3 unspecified atom stereocenters. The number of carbonyl (C=O) groups excluding carboxylic acids is 1. The Morgan fingerprint density at radius 2 is 2.06 bits per heavy atom. The Balaban J connectivity index is 2.60. The van der Waals surface area contributed by atoms with Gasteiger partial charge in [0.25, 0.3) is 0 Å². The number of carbonyl (C=O) groups is 1. The van der Waals surface area contributed by atoms with E-state index in [2.05, 4.69) is 0 Å². The SMILES string of the molecule is CC(C)(C)OC(=O)C1OS(=O)OC1CCCCl. The fourth-order valence-corrected chi connectivity index (χ4v) is 2.32. The van der Waals surface area contributed by atoms with Gasteiger partial charge < -0.3 is 4.74 Å². The van der Waals surface area contributed by atoms with Crippen LogP contribution in [-0.2, 0) is 29.3 Å². The average Bonchev–Trinajstić information content (AvgIpc) is 2.54. The van der Waals surface area contributed by atoms with Crippen LogP contribution >= 0.6 is 11.6 Å². The molecule has 3 atom stereocenters. The number of esters is 1. The van der Waals surface area contributed by atoms with Crippen molar-refractivity contribution < 1.29 is 22.1 Å². The molecule has 17 heavy (non-hydrogen) atoms. The van der Waals surface area contributed by atoms with Gasteiger partial charge in [0.1, 0.15) is 11.7 Å². The van der Waals surface area contributed by atoms with E-state index >= 15 is 0 Å². The second-order valence-electron chi connectivity index (χ2n) is 4.72. The van der Waals surface area contributed by atoms with Crippen LogP contribution in [0.5, 0.6) is 0 Å². The van der Waals surface area contributed by atoms with Crippen molar-refractivity contribution in [3.8, 4) is 0 Å². The second kappa shape index (κ2) is 6.13. The number of hydrogen-bond donors (Lipinski definition) is 0. The highest BCUT2D eigenvalue weighted by Gasteiger charge is 2.42. The van der Waals surface area contributed by atoms with Crippen LogP contribution in [0.3, 0.4) is 0 Å². The van der Waals surface area contributed by atoms with Crippen molar-refractivity contribution >= 4 is 28.9 Å². The summed E-state index contributed by atoms with van der Waals surface area (Å²) in [5.74, 6) is -0.101. The zero-order valence-electron chi connectivity index (χ0n) is 10.1. The van der Waals surface area contributed by atoms with E-state index in [1.165, 1.54) is 0 Å². The third kappa shape index (κ3) is 4.91. The minimum atomic E-state index is -1.88. The van der Waals surface area contributed by atoms with E-state index in [1.807, 2.05) is 0 Å². The molecule has 1 fully saturated rings. The minimum Gasteiger partial charge on any atom is -0.458 e. The quantitative estimate of drug-likeness (QED) is 0.581. The maximum atomic E-state index is 11.8. The molecular formula is C10H17ClO5S. The predicted molar refractivity (Wildman–Crippen MR) is 63.7 cm³/mol. The van der Waals surface area contributed by atoms with Gasteiger partial charge in [-0.25, -0.2) is 4.79 Å². The Labute approximate surface area is 109 Å². The molecule has 0 aromatic carbocycles. The van der Waals surface area contributed by atoms with Gasteiger partial charge in [0.05, 0.1) is 0 Å². The molecule has 0 N–H and O–H groups in total. The Kier molecular flexibility index (Phi) is 5.37. The summed E-state index contributed by atoms with van der Waals surface area (Å²) in [6, 6.07) is 0. The van der Waals surface area contributed by atoms with Crippen LogP contribution in [0.15, 0.2) is 0 Å². The van der Waals surface area contributed by atoms with Crippen LogP contribution in [0, 0.1) is 0 Å². The zero-order chi connectivity index (χ0) is 13.1. The lowest BCUT2D eigenvalue weighted by atomic mass is 10.1. The van der Waals surface area contributed by atoms with Crippen LogP contribution in [-0.4, -0.2) is 33.9 Å². The summed E-state index contributed by atoms with van der Waals surface area (Å²) >= 11 is 3.68. The lowest BCUT2D eigenvalue weighted by Crippen LogP contribution is -2.37. The topological polar surface area (TPSA) is 61.8 Å². The standard InChI is InChI=1S/C10H17ClO5S/c1-10(2,3)14-9(12)8-7(5-4-6-11)15-17(13)16-8/h7-8H,4-6H2,1-3H3. The molecule has 100 valence electrons. The molecule has 0 aliphatic carbocycles. The average molecular weight is 285 g/mol. The molecule has 1 rings (SSSR count). The number of rotatable bonds is 4. The molecule has 0 radical (unpaired) electrons. The molecule has 5 nitrogen and oxygen atoms in total. The van der Waals surface area contributed by atoms with E-state index < -0.39 is 35.1 Å². The highest BCUT2D eigenvalue weighted by molar-refractivity contribution is 7.75. The van der Waals surface area contributed by atoms with E-state index in [1.54, 1.807) is 20.8 Å². The largest absolute Gasteiger partial charge is 0.458 e. The van der Waals surface area contributed by atoms with Crippen LogP contribution in [0.2, 0.25) is 0 Å². The van der Waals surface area contributed by atoms with Crippen molar-refractivity contribution in [3.63, 3.8) is 0 Å². The van der Waals surface area contributed by atoms with Crippen molar-refractivity contribution in [2.24, 2.45) is 0 Å². The number of hydrogen-bond acceptors (Lipinski definition) is 5. The van der Waals surface area contributed by atoms with E-state index in [0.29, 0.717) is 18.7 Å². The van der Waals surface area contributed by atoms with Crippen LogP contribution < -0.4 is 0 Å². The van der Waals surface area contributed by atoms with Crippen molar-refractivity contribution in [3.05, 3.63) is 0 Å². The van der Waals surface area contributed by atoms with E-state index in [-0.39, 0.29) is 0 Å². The van der Waals surface area contributed by atoms with Crippen molar-refractivity contribution in [2.75, 3.05) is 5.88 Å². The Morgan fingerprint density at radius 3 is 2.59 bits per heavy atom. The van der Waals surface area contributed by atoms with E-state index in [9.17, 15) is 9.00 Å². The molecular weight excluding hydrogens is 268 g/mol. The van der Waals surface area contributed by atoms with Crippen molar-refractivity contribution in [2.45, 2.75) is 51.4 Å². The molecule has 0 saturated carbocycles. The van der Waals surface area contributed by atoms with Gasteiger partial charge in [-0.2, -0.15) is 4.21 Å². The molecule has 1 heterocycles. The maximum Gasteiger partial charge on any atom is 0.340 e. The monoisotopic (exact) mass is 284 g/mol. The van der Waals surface area contributed by atoms with Gasteiger partial charge in [0, 0.05) is 5.88 Å². The predicted octanol–water partition coefficient (Wildman–Crippen LogP) is 1.71. The fourth-order valence-electron chi connectivity index (χ4n) is 1.35. The van der Waals surface area contributed by atoms with Gasteiger partial charge in [-0.05, 0) is 33.6 Å². The van der Waals surface area contributed by atoms with Crippen LogP contribution in [0.4, 0.5) is 0 Å². The van der Waals surface area contributed by atoms with Gasteiger partial charge in [0.15, 0.2) is 0 Å². The Morgan fingerprint density at radius 1 is 1.41 bits per heavy atom. The summed E-state index contributed by atoms with van der Waals surface area (Å²) in [6.45, 7) is 5.27. The van der Waals surface area contributed by atoms with Gasteiger partial charge in [0.2, 0.25) is 6.10 Å². The third-order valence-electron chi connectivity index (χ3n) is 1.98. The number of alkyl halides is 1. The van der Waals surface area contributed by atoms with E-state index in [4.69, 9.17) is 24.7 Å². The van der Waals surface area contributed by atoms with E-state index in [0.717, 1.165) is 0 Å². The minimum absolute atomic E-state index is 0.452. The molecule has 1 aliphatic rings. The molecule has 0 spiro atoms. The van der Waals surface area contributed by atoms with Gasteiger partial charge >= 0.3 is 17.3 Å². The summed E-state index contributed by atoms with van der Waals surface area (Å²) in [4.78, 5) is 11.8. The first-order valence-corrected chi connectivity index (χ1v) is 6.92. The molecule has 0 aromatic heterocycles. The third-order valence-corrected chi connectivity index (χ3v) is 3.02. The summed E-state index contributed by atoms with van der Waals surface area (Å²) in [7, 11) is 0. The summed E-state index contributed by atoms with van der Waals surface area (Å²) in [5.41, 5.74) is -0.610. The molecule has 7 heteroatoms. The first kappa shape index (κ1) is 14.9. The molecule has 1 saturated heterocycles. The molecule has 0 bridgehead atoms. The lowest BCUT2D eigenvalue weighted by Gasteiger charge is -2.22. The normalized spacial score (nSPS) is 29.3. The van der Waals surface area contributed by atoms with Crippen LogP contribution in [0.1, 0.15) is 33.6 Å². The maximum absolute atomic E-state index is 11.8. The number of halogens is 1. The van der Waals surface area contributed by atoms with Crippen molar-refractivity contribution in [1.82, 2.24) is 0 Å². The van der Waals surface area contributed by atoms with Gasteiger partial charge in [-0.15, -0.1) is 11.6 Å². The molecule has 0 aromatic rings. The second-order valence-corrected chi connectivity index (χ2v) is 5.89.